The van der Waals surface area contributed by atoms with Gasteiger partial charge in [-0.1, -0.05) is 59.6 Å². The number of imide groups is 1. The maximum absolute atomic E-state index is 13.8. The molecule has 8 heteroatoms. The Bertz CT molecular complexity index is 1390. The minimum atomic E-state index is -0.940. The van der Waals surface area contributed by atoms with E-state index < -0.39 is 29.8 Å². The van der Waals surface area contributed by atoms with Gasteiger partial charge in [0.25, 0.3) is 0 Å². The minimum absolute atomic E-state index is 0.284. The Morgan fingerprint density at radius 1 is 0.824 bits per heavy atom. The largest absolute Gasteiger partial charge is 0.292 e. The quantitative estimate of drug-likeness (QED) is 0.393. The Hall–Kier alpha value is -3.48. The van der Waals surface area contributed by atoms with Crippen LogP contribution in [0.5, 0.6) is 0 Å². The van der Waals surface area contributed by atoms with Crippen molar-refractivity contribution < 1.29 is 14.4 Å². The molecular weight excluding hydrogens is 473 g/mol. The van der Waals surface area contributed by atoms with Crippen molar-refractivity contribution in [2.75, 3.05) is 4.90 Å². The Morgan fingerprint density at radius 3 is 2.26 bits per heavy atom. The zero-order chi connectivity index (χ0) is 23.6. The Labute approximate surface area is 205 Å². The summed E-state index contributed by atoms with van der Waals surface area (Å²) in [4.78, 5) is 42.5. The van der Waals surface area contributed by atoms with Crippen LogP contribution in [0.3, 0.4) is 0 Å². The van der Waals surface area contributed by atoms with Crippen LogP contribution in [0.4, 0.5) is 5.69 Å². The predicted octanol–water partition coefficient (Wildman–Crippen LogP) is 4.75. The highest BCUT2D eigenvalue weighted by Gasteiger charge is 2.65. The summed E-state index contributed by atoms with van der Waals surface area (Å²) in [5.41, 5.74) is 2.45. The normalized spacial score (nSPS) is 24.8. The van der Waals surface area contributed by atoms with E-state index in [0.717, 1.165) is 16.0 Å². The SMILES string of the molecule is O=C(c1ccc(Cl)cc1)[C@H]1[C@H]2C(=O)N(c3ccccc3Cl)C(=O)[C@H]2C2c3ccccc3C=NN21. The van der Waals surface area contributed by atoms with Crippen LogP contribution in [0.2, 0.25) is 10.0 Å². The second-order valence-electron chi connectivity index (χ2n) is 8.53. The molecule has 3 aliphatic rings. The number of carbonyl (C=O) groups is 3. The highest BCUT2D eigenvalue weighted by Crippen LogP contribution is 2.53. The lowest BCUT2D eigenvalue weighted by atomic mass is 9.83. The zero-order valence-electron chi connectivity index (χ0n) is 17.6. The Kier molecular flexibility index (Phi) is 4.83. The second kappa shape index (κ2) is 7.79. The van der Waals surface area contributed by atoms with Crippen LogP contribution in [0.1, 0.15) is 27.5 Å². The molecule has 6 rings (SSSR count). The number of para-hydroxylation sites is 1. The number of anilines is 1. The van der Waals surface area contributed by atoms with Gasteiger partial charge in [0.05, 0.1) is 34.8 Å². The molecule has 2 fully saturated rings. The number of hydrazone groups is 1. The molecule has 168 valence electrons. The van der Waals surface area contributed by atoms with Gasteiger partial charge in [0.1, 0.15) is 6.04 Å². The van der Waals surface area contributed by atoms with Crippen molar-refractivity contribution >= 4 is 52.7 Å². The fourth-order valence-electron chi connectivity index (χ4n) is 5.32. The van der Waals surface area contributed by atoms with E-state index in [1.54, 1.807) is 59.8 Å². The molecule has 0 radical (unpaired) electrons. The molecule has 0 spiro atoms. The molecule has 34 heavy (non-hydrogen) atoms. The van der Waals surface area contributed by atoms with Gasteiger partial charge in [-0.05, 0) is 47.5 Å². The number of hydrogen-bond donors (Lipinski definition) is 0. The molecular formula is C26H17Cl2N3O3. The number of amides is 2. The third kappa shape index (κ3) is 2.95. The number of rotatable bonds is 3. The van der Waals surface area contributed by atoms with Gasteiger partial charge in [0.2, 0.25) is 11.8 Å². The third-order valence-corrected chi connectivity index (χ3v) is 7.36. The lowest BCUT2D eigenvalue weighted by Crippen LogP contribution is -2.44. The fraction of sp³-hybridized carbons (Fsp3) is 0.154. The molecule has 0 saturated carbocycles. The number of benzene rings is 3. The van der Waals surface area contributed by atoms with Crippen molar-refractivity contribution in [3.63, 3.8) is 0 Å². The van der Waals surface area contributed by atoms with Crippen molar-refractivity contribution in [3.8, 4) is 0 Å². The van der Waals surface area contributed by atoms with E-state index in [-0.39, 0.29) is 11.7 Å². The van der Waals surface area contributed by atoms with E-state index >= 15 is 0 Å². The number of halogens is 2. The summed E-state index contributed by atoms with van der Waals surface area (Å²) in [6.45, 7) is 0. The van der Waals surface area contributed by atoms with Crippen LogP contribution in [0, 0.1) is 11.8 Å². The van der Waals surface area contributed by atoms with Crippen LogP contribution in [0.15, 0.2) is 77.9 Å². The Morgan fingerprint density at radius 2 is 1.50 bits per heavy atom. The number of ketones is 1. The fourth-order valence-corrected chi connectivity index (χ4v) is 5.67. The molecule has 0 aliphatic carbocycles. The van der Waals surface area contributed by atoms with Gasteiger partial charge in [-0.2, -0.15) is 5.10 Å². The topological polar surface area (TPSA) is 70.0 Å². The first-order valence-electron chi connectivity index (χ1n) is 10.8. The van der Waals surface area contributed by atoms with Gasteiger partial charge >= 0.3 is 0 Å². The molecule has 3 heterocycles. The average Bonchev–Trinajstić information content (AvgIpc) is 3.32. The van der Waals surface area contributed by atoms with Crippen LogP contribution in [0.25, 0.3) is 0 Å². The monoisotopic (exact) mass is 489 g/mol. The maximum atomic E-state index is 13.8. The molecule has 3 aromatic rings. The number of nitrogens with zero attached hydrogens (tertiary/aromatic N) is 3. The molecule has 3 aliphatic heterocycles. The van der Waals surface area contributed by atoms with E-state index in [2.05, 4.69) is 5.10 Å². The summed E-state index contributed by atoms with van der Waals surface area (Å²) < 4.78 is 0. The van der Waals surface area contributed by atoms with E-state index in [1.165, 1.54) is 0 Å². The van der Waals surface area contributed by atoms with Crippen molar-refractivity contribution in [1.29, 1.82) is 0 Å². The second-order valence-corrected chi connectivity index (χ2v) is 9.37. The summed E-state index contributed by atoms with van der Waals surface area (Å²) in [7, 11) is 0. The summed E-state index contributed by atoms with van der Waals surface area (Å²) in [6, 6.07) is 19.4. The number of carbonyl (C=O) groups excluding carboxylic acids is 3. The van der Waals surface area contributed by atoms with Gasteiger partial charge in [-0.15, -0.1) is 0 Å². The highest BCUT2D eigenvalue weighted by atomic mass is 35.5. The predicted molar refractivity (Wildman–Crippen MR) is 129 cm³/mol. The van der Waals surface area contributed by atoms with Crippen LogP contribution in [-0.4, -0.2) is 34.9 Å². The average molecular weight is 490 g/mol. The van der Waals surface area contributed by atoms with Crippen LogP contribution < -0.4 is 4.90 Å². The molecule has 0 N–H and O–H groups in total. The molecule has 2 saturated heterocycles. The lowest BCUT2D eigenvalue weighted by molar-refractivity contribution is -0.124. The first-order chi connectivity index (χ1) is 16.5. The van der Waals surface area contributed by atoms with Gasteiger partial charge < -0.3 is 0 Å². The summed E-state index contributed by atoms with van der Waals surface area (Å²) >= 11 is 12.4. The van der Waals surface area contributed by atoms with Crippen molar-refractivity contribution in [2.45, 2.75) is 12.1 Å². The first-order valence-corrected chi connectivity index (χ1v) is 11.6. The molecule has 1 unspecified atom stereocenters. The van der Waals surface area contributed by atoms with E-state index in [9.17, 15) is 14.4 Å². The molecule has 4 atom stereocenters. The number of fused-ring (bicyclic) bond motifs is 5. The summed E-state index contributed by atoms with van der Waals surface area (Å²) in [5, 5.41) is 6.99. The van der Waals surface area contributed by atoms with Crippen molar-refractivity contribution in [1.82, 2.24) is 5.01 Å². The molecule has 3 aromatic carbocycles. The summed E-state index contributed by atoms with van der Waals surface area (Å²) in [6.07, 6.45) is 1.68. The lowest BCUT2D eigenvalue weighted by Gasteiger charge is -2.33. The third-order valence-electron chi connectivity index (χ3n) is 6.78. The van der Waals surface area contributed by atoms with Gasteiger partial charge in [-0.3, -0.25) is 19.4 Å². The molecule has 0 aromatic heterocycles. The molecule has 6 nitrogen and oxygen atoms in total. The van der Waals surface area contributed by atoms with Crippen LogP contribution >= 0.6 is 23.2 Å². The Balaban J connectivity index is 1.51. The highest BCUT2D eigenvalue weighted by molar-refractivity contribution is 6.36. The van der Waals surface area contributed by atoms with Gasteiger partial charge in [0.15, 0.2) is 5.78 Å². The smallest absolute Gasteiger partial charge is 0.240 e. The van der Waals surface area contributed by atoms with E-state index in [1.807, 2.05) is 24.3 Å². The molecule has 2 amide bonds. The number of hydrogen-bond acceptors (Lipinski definition) is 5. The number of Topliss-reactive ketones (excluding diaryl/α,β-unsaturated/α-hetero) is 1. The van der Waals surface area contributed by atoms with E-state index in [4.69, 9.17) is 23.2 Å². The van der Waals surface area contributed by atoms with Crippen molar-refractivity contribution in [3.05, 3.63) is 99.5 Å². The summed E-state index contributed by atoms with van der Waals surface area (Å²) in [5.74, 6) is -2.79. The van der Waals surface area contributed by atoms with Gasteiger partial charge in [0, 0.05) is 10.6 Å². The molecule has 0 bridgehead atoms. The maximum Gasteiger partial charge on any atom is 0.240 e. The zero-order valence-corrected chi connectivity index (χ0v) is 19.1. The minimum Gasteiger partial charge on any atom is -0.292 e. The standard InChI is InChI=1S/C26H17Cl2N3O3/c27-16-11-9-14(10-12-16)24(32)23-21-20(22-17-6-2-1-5-15(17)13-29-31(22)23)25(33)30(26(21)34)19-8-4-3-7-18(19)28/h1-13,20-23H/t20-,21+,22?,23-/m1/s1. The van der Waals surface area contributed by atoms with Crippen molar-refractivity contribution in [2.24, 2.45) is 16.9 Å². The first kappa shape index (κ1) is 21.1. The van der Waals surface area contributed by atoms with Gasteiger partial charge in [-0.25, -0.2) is 4.90 Å². The van der Waals surface area contributed by atoms with Crippen LogP contribution in [-0.2, 0) is 9.59 Å². The van der Waals surface area contributed by atoms with E-state index in [0.29, 0.717) is 21.3 Å².